The Bertz CT molecular complexity index is 1670. The molecule has 1 atom stereocenters. The molecular weight excluding hydrogens is 576 g/mol. The molecule has 0 aliphatic carbocycles. The maximum atomic E-state index is 13.4. The van der Waals surface area contributed by atoms with E-state index in [-0.39, 0.29) is 17.2 Å². The average Bonchev–Trinajstić information content (AvgIpc) is 3.02. The highest BCUT2D eigenvalue weighted by Gasteiger charge is 2.17. The highest BCUT2D eigenvalue weighted by molar-refractivity contribution is 8.00. The van der Waals surface area contributed by atoms with E-state index in [0.717, 1.165) is 16.1 Å². The molecule has 0 aliphatic heterocycles. The van der Waals surface area contributed by atoms with Gasteiger partial charge in [0.25, 0.3) is 11.8 Å². The summed E-state index contributed by atoms with van der Waals surface area (Å²) in [5, 5.41) is 17.0. The zero-order chi connectivity index (χ0) is 31.6. The molecule has 10 heteroatoms. The monoisotopic (exact) mass is 608 g/mol. The molecule has 0 spiro atoms. The summed E-state index contributed by atoms with van der Waals surface area (Å²) in [6.07, 6.45) is 1.62. The Kier molecular flexibility index (Phi) is 10.6. The van der Waals surface area contributed by atoms with Gasteiger partial charge in [0, 0.05) is 41.6 Å². The van der Waals surface area contributed by atoms with Crippen LogP contribution >= 0.6 is 11.8 Å². The first-order chi connectivity index (χ1) is 21.1. The number of nitrogens with zero attached hydrogens (tertiary/aromatic N) is 1. The van der Waals surface area contributed by atoms with Crippen molar-refractivity contribution in [2.75, 3.05) is 29.6 Å². The van der Waals surface area contributed by atoms with Crippen LogP contribution in [-0.4, -0.2) is 48.1 Å². The minimum absolute atomic E-state index is 0.0761. The molecule has 9 nitrogen and oxygen atoms in total. The van der Waals surface area contributed by atoms with E-state index in [2.05, 4.69) is 16.0 Å². The van der Waals surface area contributed by atoms with Crippen LogP contribution in [0.1, 0.15) is 33.2 Å². The summed E-state index contributed by atoms with van der Waals surface area (Å²) in [5.41, 5.74) is 3.22. The molecule has 0 fully saturated rings. The second-order valence-electron chi connectivity index (χ2n) is 9.98. The molecule has 0 saturated carbocycles. The molecule has 224 valence electrons. The van der Waals surface area contributed by atoms with E-state index in [0.29, 0.717) is 16.9 Å². The van der Waals surface area contributed by atoms with Gasteiger partial charge in [-0.25, -0.2) is 4.79 Å². The molecule has 0 aromatic heterocycles. The van der Waals surface area contributed by atoms with Gasteiger partial charge in [0.05, 0.1) is 10.8 Å². The summed E-state index contributed by atoms with van der Waals surface area (Å²) < 4.78 is 0. The van der Waals surface area contributed by atoms with Gasteiger partial charge in [-0.3, -0.25) is 14.4 Å². The fourth-order valence-electron chi connectivity index (χ4n) is 4.02. The molecule has 0 heterocycles. The number of thioether (sulfide) groups is 1. The molecule has 4 N–H and O–H groups in total. The van der Waals surface area contributed by atoms with Crippen LogP contribution in [-0.2, 0) is 9.59 Å². The van der Waals surface area contributed by atoms with Crippen molar-refractivity contribution in [2.24, 2.45) is 0 Å². The molecule has 4 aromatic carbocycles. The van der Waals surface area contributed by atoms with Crippen molar-refractivity contribution in [3.05, 3.63) is 126 Å². The number of carbonyl (C=O) groups excluding carboxylic acids is 3. The van der Waals surface area contributed by atoms with Crippen LogP contribution in [0.4, 0.5) is 17.1 Å². The molecule has 0 bridgehead atoms. The zero-order valence-electron chi connectivity index (χ0n) is 24.4. The maximum absolute atomic E-state index is 13.4. The lowest BCUT2D eigenvalue weighted by Crippen LogP contribution is -2.30. The first kappa shape index (κ1) is 31.6. The Balaban J connectivity index is 1.43. The Morgan fingerprint density at radius 1 is 0.773 bits per heavy atom. The Morgan fingerprint density at radius 2 is 1.43 bits per heavy atom. The molecule has 3 amide bonds. The molecule has 1 unspecified atom stereocenters. The number of nitrogens with one attached hydrogen (secondary N) is 3. The van der Waals surface area contributed by atoms with Crippen molar-refractivity contribution in [3.8, 4) is 0 Å². The molecule has 44 heavy (non-hydrogen) atoms. The highest BCUT2D eigenvalue weighted by atomic mass is 32.2. The second kappa shape index (κ2) is 14.7. The summed E-state index contributed by atoms with van der Waals surface area (Å²) in [6, 6.07) is 29.2. The normalized spacial score (nSPS) is 11.7. The summed E-state index contributed by atoms with van der Waals surface area (Å²) in [6.45, 7) is 1.74. The number of hydrogen-bond donors (Lipinski definition) is 4. The van der Waals surface area contributed by atoms with Crippen LogP contribution < -0.4 is 20.9 Å². The van der Waals surface area contributed by atoms with E-state index in [9.17, 15) is 19.2 Å². The lowest BCUT2D eigenvalue weighted by molar-refractivity contribution is -0.115. The second-order valence-corrected chi connectivity index (χ2v) is 11.4. The standard InChI is InChI=1S/C34H32N4O5S/c1-22(31(39)36-27-11-7-10-25(21-27)34(42)43)44-29-18-14-26(15-19-29)35-33(41)30(37-32(40)24-8-5-4-6-9-24)20-23-12-16-28(17-13-23)38(2)3/h4-22H,1-3H3,(H,35,41)(H,36,39)(H,37,40)(H,42,43)/b30-20-. The first-order valence-corrected chi connectivity index (χ1v) is 14.5. The molecule has 0 aliphatic rings. The van der Waals surface area contributed by atoms with Gasteiger partial charge in [-0.1, -0.05) is 36.4 Å². The van der Waals surface area contributed by atoms with Crippen molar-refractivity contribution in [2.45, 2.75) is 17.1 Å². The molecule has 0 radical (unpaired) electrons. The maximum Gasteiger partial charge on any atom is 0.335 e. The quantitative estimate of drug-likeness (QED) is 0.122. The average molecular weight is 609 g/mol. The largest absolute Gasteiger partial charge is 0.478 e. The Labute approximate surface area is 260 Å². The lowest BCUT2D eigenvalue weighted by atomic mass is 10.1. The summed E-state index contributed by atoms with van der Waals surface area (Å²) in [4.78, 5) is 52.9. The van der Waals surface area contributed by atoms with Crippen LogP contribution in [0.25, 0.3) is 6.08 Å². The molecule has 0 saturated heterocycles. The van der Waals surface area contributed by atoms with Gasteiger partial charge in [-0.2, -0.15) is 0 Å². The fraction of sp³-hybridized carbons (Fsp3) is 0.118. The molecule has 4 aromatic rings. The van der Waals surface area contributed by atoms with Gasteiger partial charge >= 0.3 is 5.97 Å². The van der Waals surface area contributed by atoms with Crippen LogP contribution in [0.5, 0.6) is 0 Å². The van der Waals surface area contributed by atoms with E-state index in [1.165, 1.54) is 23.9 Å². The Hall–Kier alpha value is -5.35. The summed E-state index contributed by atoms with van der Waals surface area (Å²) >= 11 is 1.31. The van der Waals surface area contributed by atoms with Gasteiger partial charge in [-0.15, -0.1) is 11.8 Å². The number of carboxylic acid groups (broad SMARTS) is 1. The summed E-state index contributed by atoms with van der Waals surface area (Å²) in [7, 11) is 3.87. The van der Waals surface area contributed by atoms with Crippen LogP contribution in [0, 0.1) is 0 Å². The summed E-state index contributed by atoms with van der Waals surface area (Å²) in [5.74, 6) is -2.26. The van der Waals surface area contributed by atoms with E-state index in [1.54, 1.807) is 73.7 Å². The number of carboxylic acids is 1. The number of aromatic carboxylic acids is 1. The number of rotatable bonds is 11. The highest BCUT2D eigenvalue weighted by Crippen LogP contribution is 2.26. The van der Waals surface area contributed by atoms with Gasteiger partial charge in [0.15, 0.2) is 0 Å². The third-order valence-electron chi connectivity index (χ3n) is 6.42. The minimum atomic E-state index is -1.07. The van der Waals surface area contributed by atoms with E-state index < -0.39 is 23.0 Å². The Morgan fingerprint density at radius 3 is 2.07 bits per heavy atom. The third-order valence-corrected chi connectivity index (χ3v) is 7.53. The number of benzene rings is 4. The fourth-order valence-corrected chi connectivity index (χ4v) is 4.89. The molecule has 4 rings (SSSR count). The van der Waals surface area contributed by atoms with E-state index in [1.807, 2.05) is 49.3 Å². The van der Waals surface area contributed by atoms with Crippen molar-refractivity contribution in [1.29, 1.82) is 0 Å². The van der Waals surface area contributed by atoms with E-state index in [4.69, 9.17) is 5.11 Å². The molecular formula is C34H32N4O5S. The number of anilines is 3. The van der Waals surface area contributed by atoms with Crippen molar-refractivity contribution in [3.63, 3.8) is 0 Å². The van der Waals surface area contributed by atoms with Crippen molar-refractivity contribution in [1.82, 2.24) is 5.32 Å². The first-order valence-electron chi connectivity index (χ1n) is 13.7. The minimum Gasteiger partial charge on any atom is -0.478 e. The zero-order valence-corrected chi connectivity index (χ0v) is 25.2. The lowest BCUT2D eigenvalue weighted by Gasteiger charge is -2.14. The van der Waals surface area contributed by atoms with Gasteiger partial charge in [0.2, 0.25) is 5.91 Å². The van der Waals surface area contributed by atoms with Crippen molar-refractivity contribution >= 4 is 58.6 Å². The smallest absolute Gasteiger partial charge is 0.335 e. The van der Waals surface area contributed by atoms with Crippen molar-refractivity contribution < 1.29 is 24.3 Å². The number of carbonyl (C=O) groups is 4. The van der Waals surface area contributed by atoms with Gasteiger partial charge < -0.3 is 26.0 Å². The number of hydrogen-bond acceptors (Lipinski definition) is 6. The SMILES string of the molecule is CC(Sc1ccc(NC(=O)/C(=C/c2ccc(N(C)C)cc2)NC(=O)c2ccccc2)cc1)C(=O)Nc1cccc(C(=O)O)c1. The van der Waals surface area contributed by atoms with Crippen LogP contribution in [0.3, 0.4) is 0 Å². The predicted octanol–water partition coefficient (Wildman–Crippen LogP) is 5.98. The van der Waals surface area contributed by atoms with E-state index >= 15 is 0 Å². The van der Waals surface area contributed by atoms with Gasteiger partial charge in [0.1, 0.15) is 5.70 Å². The van der Waals surface area contributed by atoms with Crippen LogP contribution in [0.2, 0.25) is 0 Å². The third kappa shape index (κ3) is 8.83. The topological polar surface area (TPSA) is 128 Å². The van der Waals surface area contributed by atoms with Crippen LogP contribution in [0.15, 0.2) is 114 Å². The van der Waals surface area contributed by atoms with Gasteiger partial charge in [-0.05, 0) is 85.3 Å². The number of amides is 3. The predicted molar refractivity (Wildman–Crippen MR) is 175 cm³/mol.